The lowest BCUT2D eigenvalue weighted by molar-refractivity contribution is 0.240. The summed E-state index contributed by atoms with van der Waals surface area (Å²) in [6.07, 6.45) is 0. The number of rotatable bonds is 2. The van der Waals surface area contributed by atoms with Gasteiger partial charge in [0, 0.05) is 17.1 Å². The molecule has 0 radical (unpaired) electrons. The van der Waals surface area contributed by atoms with E-state index in [-0.39, 0.29) is 12.1 Å². The Hall–Kier alpha value is -0.930. The van der Waals surface area contributed by atoms with Gasteiger partial charge in [-0.25, -0.2) is 4.79 Å². The average molecular weight is 247 g/mol. The van der Waals surface area contributed by atoms with Crippen molar-refractivity contribution in [2.24, 2.45) is 0 Å². The maximum atomic E-state index is 11.1. The molecule has 2 amide bonds. The zero-order chi connectivity index (χ0) is 11.4. The van der Waals surface area contributed by atoms with E-state index < -0.39 is 0 Å². The van der Waals surface area contributed by atoms with Crippen molar-refractivity contribution in [3.8, 4) is 0 Å². The zero-order valence-corrected chi connectivity index (χ0v) is 9.99. The van der Waals surface area contributed by atoms with Gasteiger partial charge in [-0.3, -0.25) is 0 Å². The highest BCUT2D eigenvalue weighted by Crippen LogP contribution is 2.25. The van der Waals surface area contributed by atoms with Crippen molar-refractivity contribution in [1.29, 1.82) is 0 Å². The predicted octanol–water partition coefficient (Wildman–Crippen LogP) is 2.98. The van der Waals surface area contributed by atoms with Crippen molar-refractivity contribution >= 4 is 29.2 Å². The average Bonchev–Trinajstić information content (AvgIpc) is 2.17. The minimum atomic E-state index is -0.242. The van der Waals surface area contributed by atoms with Gasteiger partial charge in [0.2, 0.25) is 0 Å². The molecule has 0 fully saturated rings. The Morgan fingerprint density at radius 1 is 1.40 bits per heavy atom. The molecule has 82 valence electrons. The van der Waals surface area contributed by atoms with Crippen LogP contribution < -0.4 is 10.6 Å². The van der Waals surface area contributed by atoms with Crippen LogP contribution in [0.1, 0.15) is 18.5 Å². The number of nitrogens with one attached hydrogen (secondary N) is 2. The first-order valence-corrected chi connectivity index (χ1v) is 5.23. The van der Waals surface area contributed by atoms with Crippen molar-refractivity contribution in [2.75, 3.05) is 7.05 Å². The molecular formula is C10H12Cl2N2O. The minimum absolute atomic E-state index is 0.158. The normalized spacial score (nSPS) is 12.0. The molecular weight excluding hydrogens is 235 g/mol. The Morgan fingerprint density at radius 2 is 2.07 bits per heavy atom. The second-order valence-corrected chi connectivity index (χ2v) is 3.95. The molecule has 0 aliphatic heterocycles. The van der Waals surface area contributed by atoms with E-state index in [1.807, 2.05) is 6.92 Å². The third-order valence-electron chi connectivity index (χ3n) is 2.00. The van der Waals surface area contributed by atoms with Crippen LogP contribution in [-0.2, 0) is 0 Å². The molecule has 0 aliphatic carbocycles. The van der Waals surface area contributed by atoms with Crippen molar-refractivity contribution in [1.82, 2.24) is 10.6 Å². The van der Waals surface area contributed by atoms with Gasteiger partial charge < -0.3 is 10.6 Å². The molecule has 0 bridgehead atoms. The second kappa shape index (κ2) is 5.24. The summed E-state index contributed by atoms with van der Waals surface area (Å²) in [5, 5.41) is 6.33. The van der Waals surface area contributed by atoms with Gasteiger partial charge in [-0.15, -0.1) is 0 Å². The van der Waals surface area contributed by atoms with Crippen LogP contribution in [0.2, 0.25) is 10.0 Å². The molecule has 1 atom stereocenters. The fourth-order valence-electron chi connectivity index (χ4n) is 1.20. The summed E-state index contributed by atoms with van der Waals surface area (Å²) in [5.41, 5.74) is 0.838. The van der Waals surface area contributed by atoms with E-state index in [0.717, 1.165) is 5.56 Å². The number of urea groups is 1. The van der Waals surface area contributed by atoms with Gasteiger partial charge >= 0.3 is 6.03 Å². The van der Waals surface area contributed by atoms with E-state index in [1.165, 1.54) is 0 Å². The fraction of sp³-hybridized carbons (Fsp3) is 0.300. The molecule has 5 heteroatoms. The van der Waals surface area contributed by atoms with E-state index >= 15 is 0 Å². The van der Waals surface area contributed by atoms with Gasteiger partial charge in [0.1, 0.15) is 0 Å². The summed E-state index contributed by atoms with van der Waals surface area (Å²) in [5.74, 6) is 0. The fourth-order valence-corrected chi connectivity index (χ4v) is 1.77. The number of carbonyl (C=O) groups is 1. The highest BCUT2D eigenvalue weighted by Gasteiger charge is 2.11. The molecule has 0 aliphatic rings. The zero-order valence-electron chi connectivity index (χ0n) is 8.47. The number of amides is 2. The smallest absolute Gasteiger partial charge is 0.315 e. The maximum absolute atomic E-state index is 11.1. The van der Waals surface area contributed by atoms with E-state index in [9.17, 15) is 4.79 Å². The molecule has 0 spiro atoms. The first-order valence-electron chi connectivity index (χ1n) is 4.47. The monoisotopic (exact) mass is 246 g/mol. The number of hydrogen-bond acceptors (Lipinski definition) is 1. The summed E-state index contributed by atoms with van der Waals surface area (Å²) in [4.78, 5) is 11.1. The summed E-state index contributed by atoms with van der Waals surface area (Å²) in [6.45, 7) is 1.85. The van der Waals surface area contributed by atoms with Gasteiger partial charge in [0.25, 0.3) is 0 Å². The SMILES string of the molecule is CNC(=O)N[C@H](C)c1ccc(Cl)cc1Cl. The van der Waals surface area contributed by atoms with Gasteiger partial charge in [-0.1, -0.05) is 29.3 Å². The number of hydrogen-bond donors (Lipinski definition) is 2. The van der Waals surface area contributed by atoms with E-state index in [1.54, 1.807) is 25.2 Å². The maximum Gasteiger partial charge on any atom is 0.315 e. The molecule has 3 nitrogen and oxygen atoms in total. The lowest BCUT2D eigenvalue weighted by Crippen LogP contribution is -2.34. The van der Waals surface area contributed by atoms with Crippen LogP contribution in [-0.4, -0.2) is 13.1 Å². The lowest BCUT2D eigenvalue weighted by atomic mass is 10.1. The van der Waals surface area contributed by atoms with Crippen molar-refractivity contribution < 1.29 is 4.79 Å². The van der Waals surface area contributed by atoms with E-state index in [4.69, 9.17) is 23.2 Å². The summed E-state index contributed by atoms with van der Waals surface area (Å²) < 4.78 is 0. The molecule has 0 saturated heterocycles. The summed E-state index contributed by atoms with van der Waals surface area (Å²) in [7, 11) is 1.56. The van der Waals surface area contributed by atoms with E-state index in [0.29, 0.717) is 10.0 Å². The highest BCUT2D eigenvalue weighted by atomic mass is 35.5. The van der Waals surface area contributed by atoms with Crippen LogP contribution in [0, 0.1) is 0 Å². The van der Waals surface area contributed by atoms with Gasteiger partial charge in [0.15, 0.2) is 0 Å². The third kappa shape index (κ3) is 3.29. The Kier molecular flexibility index (Phi) is 4.24. The molecule has 0 unspecified atom stereocenters. The van der Waals surface area contributed by atoms with Crippen LogP contribution >= 0.6 is 23.2 Å². The molecule has 1 aromatic carbocycles. The molecule has 0 aromatic heterocycles. The summed E-state index contributed by atoms with van der Waals surface area (Å²) in [6, 6.07) is 4.79. The number of carbonyl (C=O) groups excluding carboxylic acids is 1. The van der Waals surface area contributed by atoms with Gasteiger partial charge in [0.05, 0.1) is 6.04 Å². The third-order valence-corrected chi connectivity index (χ3v) is 2.57. The minimum Gasteiger partial charge on any atom is -0.341 e. The molecule has 2 N–H and O–H groups in total. The summed E-state index contributed by atoms with van der Waals surface area (Å²) >= 11 is 11.8. The molecule has 1 aromatic rings. The number of halogens is 2. The Morgan fingerprint density at radius 3 is 2.60 bits per heavy atom. The first-order chi connectivity index (χ1) is 7.04. The first kappa shape index (κ1) is 12.1. The van der Waals surface area contributed by atoms with Crippen molar-refractivity contribution in [3.05, 3.63) is 33.8 Å². The lowest BCUT2D eigenvalue weighted by Gasteiger charge is -2.15. The second-order valence-electron chi connectivity index (χ2n) is 3.11. The molecule has 0 heterocycles. The van der Waals surface area contributed by atoms with Crippen LogP contribution in [0.5, 0.6) is 0 Å². The van der Waals surface area contributed by atoms with Crippen LogP contribution in [0.3, 0.4) is 0 Å². The highest BCUT2D eigenvalue weighted by molar-refractivity contribution is 6.35. The Bertz CT molecular complexity index is 368. The van der Waals surface area contributed by atoms with Crippen molar-refractivity contribution in [2.45, 2.75) is 13.0 Å². The Balaban J connectivity index is 2.82. The van der Waals surface area contributed by atoms with Gasteiger partial charge in [-0.2, -0.15) is 0 Å². The topological polar surface area (TPSA) is 41.1 Å². The van der Waals surface area contributed by atoms with Crippen LogP contribution in [0.25, 0.3) is 0 Å². The molecule has 15 heavy (non-hydrogen) atoms. The quantitative estimate of drug-likeness (QED) is 0.828. The van der Waals surface area contributed by atoms with Crippen molar-refractivity contribution in [3.63, 3.8) is 0 Å². The largest absolute Gasteiger partial charge is 0.341 e. The molecule has 1 rings (SSSR count). The van der Waals surface area contributed by atoms with Gasteiger partial charge in [-0.05, 0) is 24.6 Å². The standard InChI is InChI=1S/C10H12Cl2N2O/c1-6(14-10(15)13-2)8-4-3-7(11)5-9(8)12/h3-6H,1-2H3,(H2,13,14,15)/t6-/m1/s1. The number of benzene rings is 1. The predicted molar refractivity (Wildman–Crippen MR) is 62.5 cm³/mol. The van der Waals surface area contributed by atoms with Crippen LogP contribution in [0.15, 0.2) is 18.2 Å². The molecule has 0 saturated carbocycles. The van der Waals surface area contributed by atoms with Crippen LogP contribution in [0.4, 0.5) is 4.79 Å². The van der Waals surface area contributed by atoms with E-state index in [2.05, 4.69) is 10.6 Å². The Labute approximate surface area is 98.8 Å².